The summed E-state index contributed by atoms with van der Waals surface area (Å²) in [6.45, 7) is 3.70. The van der Waals surface area contributed by atoms with Gasteiger partial charge in [0.1, 0.15) is 11.5 Å². The highest BCUT2D eigenvalue weighted by atomic mass is 16.5. The summed E-state index contributed by atoms with van der Waals surface area (Å²) in [5.41, 5.74) is 3.34. The van der Waals surface area contributed by atoms with E-state index in [2.05, 4.69) is 41.3 Å². The third kappa shape index (κ3) is 5.61. The summed E-state index contributed by atoms with van der Waals surface area (Å²) < 4.78 is 11.5. The highest BCUT2D eigenvalue weighted by Gasteiger charge is 2.22. The van der Waals surface area contributed by atoms with Gasteiger partial charge in [-0.2, -0.15) is 0 Å². The van der Waals surface area contributed by atoms with E-state index in [1.807, 2.05) is 47.4 Å². The van der Waals surface area contributed by atoms with E-state index in [1.54, 1.807) is 7.11 Å². The molecule has 0 N–H and O–H groups in total. The Morgan fingerprint density at radius 2 is 1.56 bits per heavy atom. The van der Waals surface area contributed by atoms with Gasteiger partial charge in [-0.15, -0.1) is 0 Å². The Kier molecular flexibility index (Phi) is 7.28. The normalized spacial score (nSPS) is 13.7. The molecule has 5 heteroatoms. The number of ether oxygens (including phenoxy) is 2. The van der Waals surface area contributed by atoms with Crippen LogP contribution in [-0.4, -0.2) is 50.7 Å². The number of methoxy groups -OCH3 is 1. The Morgan fingerprint density at radius 1 is 0.875 bits per heavy atom. The van der Waals surface area contributed by atoms with Crippen molar-refractivity contribution in [2.75, 3.05) is 44.8 Å². The molecular weight excluding hydrogens is 400 g/mol. The second kappa shape index (κ2) is 10.7. The molecule has 1 aliphatic heterocycles. The Hall–Kier alpha value is -3.47. The molecule has 32 heavy (non-hydrogen) atoms. The summed E-state index contributed by atoms with van der Waals surface area (Å²) in [5, 5.41) is 0. The number of amides is 1. The van der Waals surface area contributed by atoms with Gasteiger partial charge >= 0.3 is 0 Å². The molecule has 0 aromatic heterocycles. The summed E-state index contributed by atoms with van der Waals surface area (Å²) in [5.74, 6) is 1.58. The lowest BCUT2D eigenvalue weighted by Crippen LogP contribution is -2.49. The number of nitrogens with zero attached hydrogens (tertiary/aromatic N) is 2. The van der Waals surface area contributed by atoms with Crippen LogP contribution in [0.25, 0.3) is 0 Å². The molecule has 166 valence electrons. The van der Waals surface area contributed by atoms with Gasteiger partial charge in [0.25, 0.3) is 0 Å². The van der Waals surface area contributed by atoms with Crippen LogP contribution in [0.15, 0.2) is 78.9 Å². The van der Waals surface area contributed by atoms with Gasteiger partial charge in [-0.3, -0.25) is 4.79 Å². The fourth-order valence-electron chi connectivity index (χ4n) is 3.99. The van der Waals surface area contributed by atoms with Crippen LogP contribution in [0.3, 0.4) is 0 Å². The van der Waals surface area contributed by atoms with Crippen LogP contribution in [0.4, 0.5) is 5.69 Å². The molecule has 0 saturated carbocycles. The van der Waals surface area contributed by atoms with E-state index < -0.39 is 0 Å². The van der Waals surface area contributed by atoms with Crippen LogP contribution in [0.5, 0.6) is 11.5 Å². The Bertz CT molecular complexity index is 1000. The minimum atomic E-state index is 0.135. The van der Waals surface area contributed by atoms with Gasteiger partial charge in [-0.25, -0.2) is 0 Å². The van der Waals surface area contributed by atoms with Gasteiger partial charge in [0, 0.05) is 49.9 Å². The largest absolute Gasteiger partial charge is 0.497 e. The number of piperazine rings is 1. The predicted molar refractivity (Wildman–Crippen MR) is 128 cm³/mol. The third-order valence-corrected chi connectivity index (χ3v) is 5.86. The van der Waals surface area contributed by atoms with Gasteiger partial charge in [0.15, 0.2) is 0 Å². The maximum Gasteiger partial charge on any atom is 0.227 e. The zero-order valence-corrected chi connectivity index (χ0v) is 18.6. The molecule has 1 saturated heterocycles. The SMILES string of the molecule is COc1ccc(CC(=O)N2CCN(c3ccccc3)CC2)c(OCCc2ccccc2)c1. The first kappa shape index (κ1) is 21.8. The van der Waals surface area contributed by atoms with Gasteiger partial charge in [-0.1, -0.05) is 54.6 Å². The van der Waals surface area contributed by atoms with Crippen molar-refractivity contribution in [3.05, 3.63) is 90.0 Å². The van der Waals surface area contributed by atoms with Crippen LogP contribution >= 0.6 is 0 Å². The van der Waals surface area contributed by atoms with Crippen molar-refractivity contribution in [2.45, 2.75) is 12.8 Å². The van der Waals surface area contributed by atoms with Crippen molar-refractivity contribution in [1.82, 2.24) is 4.90 Å². The number of hydrogen-bond donors (Lipinski definition) is 0. The number of carbonyl (C=O) groups is 1. The van der Waals surface area contributed by atoms with E-state index in [4.69, 9.17) is 9.47 Å². The molecule has 3 aromatic rings. The second-order valence-corrected chi connectivity index (χ2v) is 7.94. The van der Waals surface area contributed by atoms with Crippen molar-refractivity contribution >= 4 is 11.6 Å². The molecule has 1 aliphatic rings. The number of hydrogen-bond acceptors (Lipinski definition) is 4. The van der Waals surface area contributed by atoms with Crippen molar-refractivity contribution in [3.8, 4) is 11.5 Å². The lowest BCUT2D eigenvalue weighted by atomic mass is 10.1. The van der Waals surface area contributed by atoms with Gasteiger partial charge in [-0.05, 0) is 23.8 Å². The summed E-state index contributed by atoms with van der Waals surface area (Å²) in [4.78, 5) is 17.3. The average Bonchev–Trinajstić information content (AvgIpc) is 2.86. The number of rotatable bonds is 8. The maximum atomic E-state index is 13.0. The van der Waals surface area contributed by atoms with E-state index >= 15 is 0 Å². The predicted octanol–water partition coefficient (Wildman–Crippen LogP) is 4.21. The molecule has 3 aromatic carbocycles. The molecule has 4 rings (SSSR count). The van der Waals surface area contributed by atoms with E-state index in [1.165, 1.54) is 11.3 Å². The zero-order chi connectivity index (χ0) is 22.2. The molecule has 1 heterocycles. The van der Waals surface area contributed by atoms with Gasteiger partial charge in [0.05, 0.1) is 20.1 Å². The first-order valence-electron chi connectivity index (χ1n) is 11.1. The van der Waals surface area contributed by atoms with Crippen LogP contribution in [-0.2, 0) is 17.6 Å². The summed E-state index contributed by atoms with van der Waals surface area (Å²) in [6.07, 6.45) is 1.14. The molecule has 0 spiro atoms. The standard InChI is InChI=1S/C27H30N2O3/c1-31-25-13-12-23(26(21-25)32-19-14-22-8-4-2-5-9-22)20-27(30)29-17-15-28(16-18-29)24-10-6-3-7-11-24/h2-13,21H,14-20H2,1H3. The number of para-hydroxylation sites is 1. The second-order valence-electron chi connectivity index (χ2n) is 7.94. The van der Waals surface area contributed by atoms with Crippen molar-refractivity contribution in [1.29, 1.82) is 0 Å². The molecule has 0 aliphatic carbocycles. The van der Waals surface area contributed by atoms with E-state index in [9.17, 15) is 4.79 Å². The van der Waals surface area contributed by atoms with E-state index in [0.717, 1.165) is 49.7 Å². The monoisotopic (exact) mass is 430 g/mol. The summed E-state index contributed by atoms with van der Waals surface area (Å²) >= 11 is 0. The molecule has 1 fully saturated rings. The summed E-state index contributed by atoms with van der Waals surface area (Å²) in [7, 11) is 1.64. The topological polar surface area (TPSA) is 42.0 Å². The van der Waals surface area contributed by atoms with E-state index in [-0.39, 0.29) is 5.91 Å². The molecule has 1 amide bonds. The molecule has 0 radical (unpaired) electrons. The third-order valence-electron chi connectivity index (χ3n) is 5.86. The lowest BCUT2D eigenvalue weighted by Gasteiger charge is -2.36. The van der Waals surface area contributed by atoms with Crippen LogP contribution in [0, 0.1) is 0 Å². The minimum absolute atomic E-state index is 0.135. The Balaban J connectivity index is 1.36. The molecule has 5 nitrogen and oxygen atoms in total. The number of carbonyl (C=O) groups excluding carboxylic acids is 1. The molecular formula is C27H30N2O3. The van der Waals surface area contributed by atoms with E-state index in [0.29, 0.717) is 13.0 Å². The van der Waals surface area contributed by atoms with Crippen LogP contribution in [0.1, 0.15) is 11.1 Å². The smallest absolute Gasteiger partial charge is 0.227 e. The van der Waals surface area contributed by atoms with Gasteiger partial charge < -0.3 is 19.3 Å². The van der Waals surface area contributed by atoms with Crippen molar-refractivity contribution in [3.63, 3.8) is 0 Å². The minimum Gasteiger partial charge on any atom is -0.497 e. The van der Waals surface area contributed by atoms with Crippen molar-refractivity contribution in [2.24, 2.45) is 0 Å². The van der Waals surface area contributed by atoms with Crippen LogP contribution in [0.2, 0.25) is 0 Å². The quantitative estimate of drug-likeness (QED) is 0.537. The molecule has 0 unspecified atom stereocenters. The highest BCUT2D eigenvalue weighted by molar-refractivity contribution is 5.80. The Labute approximate surface area is 190 Å². The van der Waals surface area contributed by atoms with Crippen LogP contribution < -0.4 is 14.4 Å². The first-order chi connectivity index (χ1) is 15.7. The number of anilines is 1. The fourth-order valence-corrected chi connectivity index (χ4v) is 3.99. The maximum absolute atomic E-state index is 13.0. The summed E-state index contributed by atoms with van der Waals surface area (Å²) in [6, 6.07) is 26.3. The average molecular weight is 431 g/mol. The highest BCUT2D eigenvalue weighted by Crippen LogP contribution is 2.26. The number of benzene rings is 3. The lowest BCUT2D eigenvalue weighted by molar-refractivity contribution is -0.130. The molecule has 0 atom stereocenters. The first-order valence-corrected chi connectivity index (χ1v) is 11.1. The van der Waals surface area contributed by atoms with Gasteiger partial charge in [0.2, 0.25) is 5.91 Å². The fraction of sp³-hybridized carbons (Fsp3) is 0.296. The van der Waals surface area contributed by atoms with Crippen molar-refractivity contribution < 1.29 is 14.3 Å². The Morgan fingerprint density at radius 3 is 2.25 bits per heavy atom. The molecule has 0 bridgehead atoms. The zero-order valence-electron chi connectivity index (χ0n) is 18.6.